The molecule has 0 radical (unpaired) electrons. The van der Waals surface area contributed by atoms with Crippen molar-refractivity contribution in [2.24, 2.45) is 0 Å². The van der Waals surface area contributed by atoms with Crippen LogP contribution < -0.4 is 0 Å². The molecule has 0 saturated carbocycles. The van der Waals surface area contributed by atoms with Gasteiger partial charge in [-0.3, -0.25) is 0 Å². The van der Waals surface area contributed by atoms with Gasteiger partial charge >= 0.3 is 0 Å². The van der Waals surface area contributed by atoms with Crippen molar-refractivity contribution in [2.75, 3.05) is 25.7 Å². The summed E-state index contributed by atoms with van der Waals surface area (Å²) in [4.78, 5) is 7.55. The van der Waals surface area contributed by atoms with E-state index in [1.807, 2.05) is 0 Å². The van der Waals surface area contributed by atoms with E-state index in [-0.39, 0.29) is 0 Å². The lowest BCUT2D eigenvalue weighted by Crippen LogP contribution is -2.02. The van der Waals surface area contributed by atoms with Gasteiger partial charge in [-0.15, -0.1) is 23.5 Å². The van der Waals surface area contributed by atoms with Gasteiger partial charge in [0.25, 0.3) is 0 Å². The average molecular weight is 473 g/mol. The maximum atomic E-state index is 5.89. The van der Waals surface area contributed by atoms with Crippen molar-refractivity contribution in [3.63, 3.8) is 0 Å². The van der Waals surface area contributed by atoms with Crippen LogP contribution in [-0.2, 0) is 16.1 Å². The highest BCUT2D eigenvalue weighted by molar-refractivity contribution is 8.00. The second kappa shape index (κ2) is 11.0. The Balaban J connectivity index is 1.52. The van der Waals surface area contributed by atoms with E-state index >= 15 is 0 Å². The molecule has 3 aromatic rings. The molecule has 1 aliphatic rings. The smallest absolute Gasteiger partial charge is 0.104 e. The number of ether oxygens (including phenoxy) is 2. The zero-order valence-corrected chi connectivity index (χ0v) is 20.3. The third-order valence-corrected chi connectivity index (χ3v) is 8.18. The summed E-state index contributed by atoms with van der Waals surface area (Å²) >= 11 is 7.14. The van der Waals surface area contributed by atoms with Crippen LogP contribution in [0.15, 0.2) is 96.1 Å². The summed E-state index contributed by atoms with van der Waals surface area (Å²) in [6, 6.07) is 24.2. The molecule has 0 amide bonds. The SMILES string of the molecule is CSc1ccc(Sc2ccc(COCC3CO3)c(Sc3ccc(SC)cc3)c2)cc1. The van der Waals surface area contributed by atoms with E-state index in [0.29, 0.717) is 19.3 Å². The van der Waals surface area contributed by atoms with Gasteiger partial charge in [-0.1, -0.05) is 29.6 Å². The molecule has 0 aromatic heterocycles. The monoisotopic (exact) mass is 472 g/mol. The standard InChI is InChI=1S/C24H24O2S4/c1-27-19-5-9-21(10-6-19)29-23-4-3-17(14-25-15-18-16-26-18)24(13-23)30-22-11-7-20(28-2)8-12-22/h3-13,18H,14-16H2,1-2H3. The lowest BCUT2D eigenvalue weighted by molar-refractivity contribution is 0.103. The minimum absolute atomic E-state index is 0.291. The third kappa shape index (κ3) is 6.49. The Morgan fingerprint density at radius 1 is 0.767 bits per heavy atom. The van der Waals surface area contributed by atoms with E-state index in [2.05, 4.69) is 79.2 Å². The van der Waals surface area contributed by atoms with Crippen LogP contribution in [0.25, 0.3) is 0 Å². The quantitative estimate of drug-likeness (QED) is 0.226. The fraction of sp³-hybridized carbons (Fsp3) is 0.250. The molecule has 0 N–H and O–H groups in total. The van der Waals surface area contributed by atoms with E-state index in [4.69, 9.17) is 9.47 Å². The van der Waals surface area contributed by atoms with Crippen LogP contribution in [0.2, 0.25) is 0 Å². The number of rotatable bonds is 10. The molecule has 0 bridgehead atoms. The predicted molar refractivity (Wildman–Crippen MR) is 131 cm³/mol. The number of hydrogen-bond acceptors (Lipinski definition) is 6. The molecular weight excluding hydrogens is 449 g/mol. The van der Waals surface area contributed by atoms with Crippen molar-refractivity contribution in [1.29, 1.82) is 0 Å². The fourth-order valence-electron chi connectivity index (χ4n) is 2.83. The summed E-state index contributed by atoms with van der Waals surface area (Å²) < 4.78 is 11.2. The Kier molecular flexibility index (Phi) is 8.15. The second-order valence-corrected chi connectivity index (χ2v) is 10.8. The number of hydrogen-bond donors (Lipinski definition) is 0. The summed E-state index contributed by atoms with van der Waals surface area (Å²) in [5, 5.41) is 0. The van der Waals surface area contributed by atoms with Gasteiger partial charge in [-0.2, -0.15) is 0 Å². The first-order chi connectivity index (χ1) is 14.7. The van der Waals surface area contributed by atoms with Gasteiger partial charge in [0.2, 0.25) is 0 Å². The Labute approximate surface area is 195 Å². The lowest BCUT2D eigenvalue weighted by Gasteiger charge is -2.12. The van der Waals surface area contributed by atoms with Crippen molar-refractivity contribution >= 4 is 47.0 Å². The van der Waals surface area contributed by atoms with Crippen LogP contribution >= 0.6 is 47.0 Å². The molecule has 30 heavy (non-hydrogen) atoms. The average Bonchev–Trinajstić information content (AvgIpc) is 3.61. The topological polar surface area (TPSA) is 21.8 Å². The van der Waals surface area contributed by atoms with Crippen molar-refractivity contribution in [3.05, 3.63) is 72.3 Å². The van der Waals surface area contributed by atoms with E-state index < -0.39 is 0 Å². The van der Waals surface area contributed by atoms with Crippen molar-refractivity contribution in [3.8, 4) is 0 Å². The van der Waals surface area contributed by atoms with Crippen LogP contribution in [0.3, 0.4) is 0 Å². The number of benzene rings is 3. The molecule has 1 atom stereocenters. The molecule has 2 nitrogen and oxygen atoms in total. The Morgan fingerprint density at radius 2 is 1.30 bits per heavy atom. The van der Waals surface area contributed by atoms with Crippen LogP contribution in [0, 0.1) is 0 Å². The van der Waals surface area contributed by atoms with Gasteiger partial charge in [0.1, 0.15) is 6.10 Å². The van der Waals surface area contributed by atoms with Gasteiger partial charge in [0.05, 0.1) is 19.8 Å². The van der Waals surface area contributed by atoms with Crippen molar-refractivity contribution < 1.29 is 9.47 Å². The van der Waals surface area contributed by atoms with Gasteiger partial charge in [0, 0.05) is 29.4 Å². The van der Waals surface area contributed by atoms with Crippen LogP contribution in [0.1, 0.15) is 5.56 Å². The first-order valence-electron chi connectivity index (χ1n) is 9.69. The summed E-state index contributed by atoms with van der Waals surface area (Å²) in [6.07, 6.45) is 4.50. The van der Waals surface area contributed by atoms with Gasteiger partial charge in [0.15, 0.2) is 0 Å². The lowest BCUT2D eigenvalue weighted by atomic mass is 10.2. The molecule has 1 heterocycles. The highest BCUT2D eigenvalue weighted by Gasteiger charge is 2.22. The molecule has 0 spiro atoms. The summed E-state index contributed by atoms with van der Waals surface area (Å²) in [5.41, 5.74) is 1.22. The first-order valence-corrected chi connectivity index (χ1v) is 13.8. The molecule has 1 aliphatic heterocycles. The predicted octanol–water partition coefficient (Wildman–Crippen LogP) is 7.35. The number of thioether (sulfide) groups is 2. The molecule has 0 aliphatic carbocycles. The van der Waals surface area contributed by atoms with E-state index in [0.717, 1.165) is 6.61 Å². The van der Waals surface area contributed by atoms with E-state index in [1.165, 1.54) is 34.9 Å². The highest BCUT2D eigenvalue weighted by Crippen LogP contribution is 2.37. The first kappa shape index (κ1) is 22.2. The molecule has 1 saturated heterocycles. The largest absolute Gasteiger partial charge is 0.374 e. The molecule has 156 valence electrons. The molecule has 4 rings (SSSR count). The summed E-state index contributed by atoms with van der Waals surface area (Å²) in [5.74, 6) is 0. The summed E-state index contributed by atoms with van der Waals surface area (Å²) in [6.45, 7) is 2.11. The molecular formula is C24H24O2S4. The summed E-state index contributed by atoms with van der Waals surface area (Å²) in [7, 11) is 0. The zero-order chi connectivity index (χ0) is 20.8. The van der Waals surface area contributed by atoms with E-state index in [1.54, 1.807) is 47.0 Å². The normalized spacial score (nSPS) is 15.3. The van der Waals surface area contributed by atoms with Crippen LogP contribution in [0.5, 0.6) is 0 Å². The fourth-order valence-corrected chi connectivity index (χ4v) is 5.55. The third-order valence-electron chi connectivity index (χ3n) is 4.58. The van der Waals surface area contributed by atoms with Gasteiger partial charge in [-0.25, -0.2) is 0 Å². The highest BCUT2D eigenvalue weighted by atomic mass is 32.2. The van der Waals surface area contributed by atoms with Crippen molar-refractivity contribution in [2.45, 2.75) is 42.1 Å². The zero-order valence-electron chi connectivity index (χ0n) is 17.0. The number of epoxide rings is 1. The molecule has 1 fully saturated rings. The van der Waals surface area contributed by atoms with Crippen LogP contribution in [-0.4, -0.2) is 31.8 Å². The van der Waals surface area contributed by atoms with E-state index in [9.17, 15) is 0 Å². The molecule has 1 unspecified atom stereocenters. The minimum atomic E-state index is 0.291. The minimum Gasteiger partial charge on any atom is -0.374 e. The Hall–Kier alpha value is -1.02. The maximum absolute atomic E-state index is 5.89. The maximum Gasteiger partial charge on any atom is 0.104 e. The molecule has 3 aromatic carbocycles. The van der Waals surface area contributed by atoms with Crippen molar-refractivity contribution in [1.82, 2.24) is 0 Å². The van der Waals surface area contributed by atoms with Gasteiger partial charge < -0.3 is 9.47 Å². The second-order valence-electron chi connectivity index (χ2n) is 6.80. The Bertz CT molecular complexity index is 954. The van der Waals surface area contributed by atoms with Gasteiger partial charge in [-0.05, 0) is 78.7 Å². The Morgan fingerprint density at radius 3 is 1.87 bits per heavy atom. The van der Waals surface area contributed by atoms with Crippen LogP contribution in [0.4, 0.5) is 0 Å². The molecule has 6 heteroatoms.